The van der Waals surface area contributed by atoms with Crippen molar-refractivity contribution in [1.29, 1.82) is 0 Å². The number of nitrogens with one attached hydrogen (secondary N) is 2. The van der Waals surface area contributed by atoms with Gasteiger partial charge in [0.15, 0.2) is 5.13 Å². The monoisotopic (exact) mass is 432 g/mol. The highest BCUT2D eigenvalue weighted by Gasteiger charge is 2.17. The lowest BCUT2D eigenvalue weighted by atomic mass is 10.1. The minimum Gasteiger partial charge on any atom is -0.468 e. The number of carbonyl (C=O) groups is 1. The predicted molar refractivity (Wildman–Crippen MR) is 120 cm³/mol. The zero-order valence-corrected chi connectivity index (χ0v) is 17.4. The molecule has 7 nitrogen and oxygen atoms in total. The summed E-state index contributed by atoms with van der Waals surface area (Å²) in [6.07, 6.45) is 5.20. The Morgan fingerprint density at radius 1 is 1.03 bits per heavy atom. The number of anilines is 1. The van der Waals surface area contributed by atoms with E-state index in [1.807, 2.05) is 58.9 Å². The van der Waals surface area contributed by atoms with E-state index in [9.17, 15) is 4.79 Å². The third-order valence-corrected chi connectivity index (χ3v) is 5.66. The van der Waals surface area contributed by atoms with Gasteiger partial charge in [-0.15, -0.1) is 11.3 Å². The van der Waals surface area contributed by atoms with Crippen LogP contribution in [0, 0.1) is 0 Å². The largest absolute Gasteiger partial charge is 0.468 e. The highest BCUT2D eigenvalue weighted by Crippen LogP contribution is 2.30. The van der Waals surface area contributed by atoms with Crippen LogP contribution in [0.2, 0.25) is 0 Å². The number of aromatic nitrogens is 2. The summed E-state index contributed by atoms with van der Waals surface area (Å²) < 4.78 is 10.9. The number of carbonyl (C=O) groups excluding carboxylic acids is 1. The summed E-state index contributed by atoms with van der Waals surface area (Å²) in [5, 5.41) is 6.55. The lowest BCUT2D eigenvalue weighted by Crippen LogP contribution is -2.32. The average molecular weight is 433 g/mol. The molecule has 5 aromatic rings. The molecular formula is C23H20N4O3S. The first-order chi connectivity index (χ1) is 15.2. The van der Waals surface area contributed by atoms with Crippen LogP contribution in [-0.2, 0) is 17.9 Å². The average Bonchev–Trinajstić information content (AvgIpc) is 3.55. The number of furan rings is 2. The molecule has 0 saturated heterocycles. The van der Waals surface area contributed by atoms with Gasteiger partial charge < -0.3 is 19.1 Å². The molecule has 0 bridgehead atoms. The van der Waals surface area contributed by atoms with E-state index in [1.165, 1.54) is 11.3 Å². The molecule has 0 aliphatic rings. The molecule has 1 amide bonds. The zero-order valence-electron chi connectivity index (χ0n) is 16.6. The van der Waals surface area contributed by atoms with Crippen LogP contribution in [0.15, 0.2) is 81.5 Å². The molecule has 0 fully saturated rings. The van der Waals surface area contributed by atoms with E-state index in [-0.39, 0.29) is 12.5 Å². The highest BCUT2D eigenvalue weighted by atomic mass is 32.1. The normalized spacial score (nSPS) is 11.4. The standard InChI is InChI=1S/C23H20N4O3S/c28-22(14-27(12-16-5-3-9-29-16)13-17-6-4-10-30-17)26-23-25-21(15-31-23)19-11-24-20-8-2-1-7-18(19)20/h1-11,15,24H,12-14H2,(H,25,26,28). The fourth-order valence-electron chi connectivity index (χ4n) is 3.51. The number of thiazole rings is 1. The molecule has 0 radical (unpaired) electrons. The topological polar surface area (TPSA) is 87.3 Å². The Hall–Kier alpha value is -3.62. The Morgan fingerprint density at radius 3 is 2.48 bits per heavy atom. The molecule has 8 heteroatoms. The molecule has 0 aliphatic heterocycles. The number of H-pyrrole nitrogens is 1. The Balaban J connectivity index is 1.27. The summed E-state index contributed by atoms with van der Waals surface area (Å²) in [4.78, 5) is 22.6. The molecule has 2 N–H and O–H groups in total. The fraction of sp³-hybridized carbons (Fsp3) is 0.130. The van der Waals surface area contributed by atoms with E-state index in [0.717, 1.165) is 33.7 Å². The van der Waals surface area contributed by atoms with Crippen LogP contribution in [0.5, 0.6) is 0 Å². The lowest BCUT2D eigenvalue weighted by Gasteiger charge is -2.19. The zero-order chi connectivity index (χ0) is 21.0. The number of aromatic amines is 1. The maximum atomic E-state index is 12.7. The molecule has 1 aromatic carbocycles. The van der Waals surface area contributed by atoms with Gasteiger partial charge in [0.05, 0.1) is 37.9 Å². The Morgan fingerprint density at radius 2 is 1.77 bits per heavy atom. The Bertz CT molecular complexity index is 1240. The van der Waals surface area contributed by atoms with Crippen molar-refractivity contribution in [3.63, 3.8) is 0 Å². The van der Waals surface area contributed by atoms with Crippen LogP contribution in [0.4, 0.5) is 5.13 Å². The van der Waals surface area contributed by atoms with Crippen LogP contribution in [0.3, 0.4) is 0 Å². The second-order valence-electron chi connectivity index (χ2n) is 7.14. The number of hydrogen-bond acceptors (Lipinski definition) is 6. The molecule has 0 unspecified atom stereocenters. The summed E-state index contributed by atoms with van der Waals surface area (Å²) in [7, 11) is 0. The molecule has 0 aliphatic carbocycles. The first-order valence-corrected chi connectivity index (χ1v) is 10.7. The van der Waals surface area contributed by atoms with Gasteiger partial charge in [-0.3, -0.25) is 9.69 Å². The summed E-state index contributed by atoms with van der Waals surface area (Å²) in [6, 6.07) is 15.5. The molecule has 0 spiro atoms. The Labute approximate surface area is 182 Å². The number of benzene rings is 1. The number of amides is 1. The second-order valence-corrected chi connectivity index (χ2v) is 8.00. The highest BCUT2D eigenvalue weighted by molar-refractivity contribution is 7.14. The third-order valence-electron chi connectivity index (χ3n) is 4.90. The molecular weight excluding hydrogens is 412 g/mol. The molecule has 156 valence electrons. The van der Waals surface area contributed by atoms with Gasteiger partial charge >= 0.3 is 0 Å². The molecule has 5 rings (SSSR count). The number of rotatable bonds is 8. The first-order valence-electron chi connectivity index (χ1n) is 9.83. The van der Waals surface area contributed by atoms with Gasteiger partial charge in [-0.05, 0) is 30.3 Å². The van der Waals surface area contributed by atoms with Crippen molar-refractivity contribution < 1.29 is 13.6 Å². The van der Waals surface area contributed by atoms with Gasteiger partial charge in [0.1, 0.15) is 11.5 Å². The van der Waals surface area contributed by atoms with E-state index in [4.69, 9.17) is 8.83 Å². The molecule has 0 atom stereocenters. The van der Waals surface area contributed by atoms with Crippen LogP contribution >= 0.6 is 11.3 Å². The third kappa shape index (κ3) is 4.45. The second kappa shape index (κ2) is 8.63. The van der Waals surface area contributed by atoms with Crippen LogP contribution in [0.25, 0.3) is 22.2 Å². The predicted octanol–water partition coefficient (Wildman–Crippen LogP) is 5.12. The van der Waals surface area contributed by atoms with Crippen molar-refractivity contribution in [1.82, 2.24) is 14.9 Å². The van der Waals surface area contributed by atoms with Gasteiger partial charge in [0.25, 0.3) is 0 Å². The smallest absolute Gasteiger partial charge is 0.240 e. The number of nitrogens with zero attached hydrogens (tertiary/aromatic N) is 2. The molecule has 4 aromatic heterocycles. The summed E-state index contributed by atoms with van der Waals surface area (Å²) in [6.45, 7) is 1.18. The molecule has 4 heterocycles. The van der Waals surface area contributed by atoms with Gasteiger partial charge in [0.2, 0.25) is 5.91 Å². The van der Waals surface area contributed by atoms with Crippen LogP contribution in [-0.4, -0.2) is 27.3 Å². The molecule has 0 saturated carbocycles. The van der Waals surface area contributed by atoms with Crippen molar-refractivity contribution in [2.45, 2.75) is 13.1 Å². The van der Waals surface area contributed by atoms with Gasteiger partial charge in [-0.1, -0.05) is 18.2 Å². The van der Waals surface area contributed by atoms with E-state index in [0.29, 0.717) is 18.2 Å². The summed E-state index contributed by atoms with van der Waals surface area (Å²) in [5.41, 5.74) is 2.91. The van der Waals surface area contributed by atoms with E-state index in [2.05, 4.69) is 21.4 Å². The van der Waals surface area contributed by atoms with Crippen molar-refractivity contribution in [2.24, 2.45) is 0 Å². The Kier molecular flexibility index (Phi) is 5.39. The fourth-order valence-corrected chi connectivity index (χ4v) is 4.24. The van der Waals surface area contributed by atoms with Gasteiger partial charge in [-0.2, -0.15) is 0 Å². The van der Waals surface area contributed by atoms with Gasteiger partial charge in [0, 0.05) is 28.0 Å². The minimum atomic E-state index is -0.141. The van der Waals surface area contributed by atoms with Crippen molar-refractivity contribution in [2.75, 3.05) is 11.9 Å². The van der Waals surface area contributed by atoms with Crippen molar-refractivity contribution >= 4 is 33.3 Å². The number of hydrogen-bond donors (Lipinski definition) is 2. The van der Waals surface area contributed by atoms with Crippen LogP contribution in [0.1, 0.15) is 11.5 Å². The number of fused-ring (bicyclic) bond motifs is 1. The SMILES string of the molecule is O=C(CN(Cc1ccco1)Cc1ccco1)Nc1nc(-c2c[nH]c3ccccc23)cs1. The van der Waals surface area contributed by atoms with Crippen molar-refractivity contribution in [3.8, 4) is 11.3 Å². The van der Waals surface area contributed by atoms with Crippen LogP contribution < -0.4 is 5.32 Å². The summed E-state index contributed by atoms with van der Waals surface area (Å²) in [5.74, 6) is 1.43. The molecule has 31 heavy (non-hydrogen) atoms. The lowest BCUT2D eigenvalue weighted by molar-refractivity contribution is -0.117. The maximum absolute atomic E-state index is 12.7. The quantitative estimate of drug-likeness (QED) is 0.355. The summed E-state index contributed by atoms with van der Waals surface area (Å²) >= 11 is 1.41. The maximum Gasteiger partial charge on any atom is 0.240 e. The van der Waals surface area contributed by atoms with Crippen molar-refractivity contribution in [3.05, 3.63) is 84.2 Å². The van der Waals surface area contributed by atoms with E-state index in [1.54, 1.807) is 12.5 Å². The number of para-hydroxylation sites is 1. The van der Waals surface area contributed by atoms with Gasteiger partial charge in [-0.25, -0.2) is 4.98 Å². The minimum absolute atomic E-state index is 0.141. The first kappa shape index (κ1) is 19.3. The van der Waals surface area contributed by atoms with E-state index < -0.39 is 0 Å². The van der Waals surface area contributed by atoms with E-state index >= 15 is 0 Å².